The van der Waals surface area contributed by atoms with E-state index < -0.39 is 30.2 Å². The highest BCUT2D eigenvalue weighted by Gasteiger charge is 2.38. The Morgan fingerprint density at radius 2 is 1.42 bits per heavy atom. The van der Waals surface area contributed by atoms with E-state index in [4.69, 9.17) is 40.7 Å². The number of hydrogen-bond donors (Lipinski definition) is 6. The second-order valence-corrected chi connectivity index (χ2v) is 9.10. The topological polar surface area (TPSA) is 216 Å². The number of carboxylic acids is 2. The van der Waals surface area contributed by atoms with Crippen molar-refractivity contribution < 1.29 is 65.2 Å². The molecule has 48 heavy (non-hydrogen) atoms. The molecule has 264 valence electrons. The highest BCUT2D eigenvalue weighted by atomic mass is 19.4. The molecule has 0 fully saturated rings. The van der Waals surface area contributed by atoms with Gasteiger partial charge >= 0.3 is 24.3 Å². The molecule has 0 spiro atoms. The van der Waals surface area contributed by atoms with Gasteiger partial charge in [-0.15, -0.1) is 0 Å². The number of nitrogens with one attached hydrogen (secondary N) is 2. The maximum absolute atomic E-state index is 12.3. The van der Waals surface area contributed by atoms with Crippen LogP contribution in [-0.2, 0) is 27.3 Å². The highest BCUT2D eigenvalue weighted by Crippen LogP contribution is 2.38. The first-order valence-electron chi connectivity index (χ1n) is 13.8. The molecule has 0 bridgehead atoms. The second kappa shape index (κ2) is 18.1. The Hall–Kier alpha value is -5.33. The first-order valence-corrected chi connectivity index (χ1v) is 13.8. The van der Waals surface area contributed by atoms with Gasteiger partial charge in [0.1, 0.15) is 0 Å². The minimum absolute atomic E-state index is 0.0731. The fourth-order valence-corrected chi connectivity index (χ4v) is 3.79. The molecule has 13 nitrogen and oxygen atoms in total. The third-order valence-corrected chi connectivity index (χ3v) is 5.83. The predicted octanol–water partition coefficient (Wildman–Crippen LogP) is 4.28. The minimum Gasteiger partial charge on any atom is -0.490 e. The lowest BCUT2D eigenvalue weighted by molar-refractivity contribution is -0.193. The summed E-state index contributed by atoms with van der Waals surface area (Å²) in [5.41, 5.74) is 15.2. The van der Waals surface area contributed by atoms with Gasteiger partial charge in [-0.1, -0.05) is 19.1 Å². The first kappa shape index (κ1) is 40.7. The molecular formula is C29H33F6N5O8. The molecular weight excluding hydrogens is 660 g/mol. The van der Waals surface area contributed by atoms with E-state index in [2.05, 4.69) is 15.6 Å². The van der Waals surface area contributed by atoms with Crippen LogP contribution in [0.25, 0.3) is 10.9 Å². The average Bonchev–Trinajstić information content (AvgIpc) is 3.00. The summed E-state index contributed by atoms with van der Waals surface area (Å²) in [5, 5.41) is 21.1. The number of primary amides is 1. The van der Waals surface area contributed by atoms with Crippen LogP contribution in [0.2, 0.25) is 0 Å². The molecule has 1 aromatic heterocycles. The lowest BCUT2D eigenvalue weighted by Gasteiger charge is -2.19. The van der Waals surface area contributed by atoms with Crippen LogP contribution < -0.4 is 31.6 Å². The Balaban J connectivity index is 0.000000687. The van der Waals surface area contributed by atoms with Crippen LogP contribution in [-0.4, -0.2) is 71.1 Å². The molecule has 8 N–H and O–H groups in total. The van der Waals surface area contributed by atoms with Crippen LogP contribution in [0, 0.1) is 0 Å². The van der Waals surface area contributed by atoms with Gasteiger partial charge in [-0.05, 0) is 43.5 Å². The number of carbonyl (C=O) groups is 4. The van der Waals surface area contributed by atoms with E-state index in [0.29, 0.717) is 54.3 Å². The van der Waals surface area contributed by atoms with Gasteiger partial charge in [0.05, 0.1) is 36.5 Å². The number of nitrogens with zero attached hydrogens (tertiary/aromatic N) is 1. The van der Waals surface area contributed by atoms with Gasteiger partial charge in [-0.3, -0.25) is 14.6 Å². The Labute approximate surface area is 269 Å². The highest BCUT2D eigenvalue weighted by molar-refractivity contribution is 6.08. The van der Waals surface area contributed by atoms with Crippen molar-refractivity contribution in [3.63, 3.8) is 0 Å². The molecule has 0 saturated heterocycles. The van der Waals surface area contributed by atoms with Crippen molar-refractivity contribution in [2.75, 3.05) is 25.1 Å². The summed E-state index contributed by atoms with van der Waals surface area (Å²) in [7, 11) is 0. The number of nitrogens with two attached hydrogens (primary N) is 2. The van der Waals surface area contributed by atoms with Crippen LogP contribution in [0.3, 0.4) is 0 Å². The van der Waals surface area contributed by atoms with Crippen LogP contribution in [0.1, 0.15) is 42.3 Å². The zero-order chi connectivity index (χ0) is 36.8. The Morgan fingerprint density at radius 3 is 1.85 bits per heavy atom. The van der Waals surface area contributed by atoms with Crippen LogP contribution in [0.4, 0.5) is 37.7 Å². The zero-order valence-electron chi connectivity index (χ0n) is 25.7. The molecule has 0 unspecified atom stereocenters. The van der Waals surface area contributed by atoms with Crippen molar-refractivity contribution in [2.24, 2.45) is 11.5 Å². The first-order chi connectivity index (χ1) is 22.3. The number of fused-ring (bicyclic) bond motifs is 1. The van der Waals surface area contributed by atoms with Gasteiger partial charge in [-0.2, -0.15) is 26.3 Å². The van der Waals surface area contributed by atoms with Gasteiger partial charge in [-0.25, -0.2) is 9.59 Å². The number of aromatic nitrogens is 1. The van der Waals surface area contributed by atoms with Gasteiger partial charge < -0.3 is 41.8 Å². The van der Waals surface area contributed by atoms with Gasteiger partial charge in [0.25, 0.3) is 5.91 Å². The lowest BCUT2D eigenvalue weighted by atomic mass is 10.0. The summed E-state index contributed by atoms with van der Waals surface area (Å²) in [6, 6.07) is 9.35. The maximum atomic E-state index is 12.3. The van der Waals surface area contributed by atoms with Crippen molar-refractivity contribution in [2.45, 2.75) is 46.1 Å². The van der Waals surface area contributed by atoms with Crippen molar-refractivity contribution in [1.82, 2.24) is 10.3 Å². The average molecular weight is 694 g/mol. The molecule has 0 saturated carbocycles. The minimum atomic E-state index is -5.08. The quantitative estimate of drug-likeness (QED) is 0.156. The SMILES string of the molecule is CCOc1cc2ncc(C(N)=O)c(Nc3cccc(CNC(=O)CN)c3CC)c2cc1OCC.O=C(O)C(F)(F)F.O=C(O)C(F)(F)F. The number of amides is 2. The van der Waals surface area contributed by atoms with E-state index in [1.807, 2.05) is 45.0 Å². The fraction of sp³-hybridized carbons (Fsp3) is 0.345. The van der Waals surface area contributed by atoms with Gasteiger partial charge in [0, 0.05) is 29.9 Å². The molecule has 0 aliphatic carbocycles. The number of ether oxygens (including phenoxy) is 2. The van der Waals surface area contributed by atoms with E-state index in [-0.39, 0.29) is 18.0 Å². The molecule has 3 aromatic rings. The lowest BCUT2D eigenvalue weighted by Crippen LogP contribution is -2.30. The Morgan fingerprint density at radius 1 is 0.896 bits per heavy atom. The number of benzene rings is 2. The number of alkyl halides is 6. The van der Waals surface area contributed by atoms with E-state index in [1.54, 1.807) is 6.07 Å². The summed E-state index contributed by atoms with van der Waals surface area (Å²) in [5.74, 6) is -5.22. The third-order valence-electron chi connectivity index (χ3n) is 5.83. The molecule has 3 rings (SSSR count). The summed E-state index contributed by atoms with van der Waals surface area (Å²) in [6.45, 7) is 7.01. The number of carboxylic acid groups (broad SMARTS) is 2. The number of aliphatic carboxylic acids is 2. The summed E-state index contributed by atoms with van der Waals surface area (Å²) < 4.78 is 75.0. The number of pyridine rings is 1. The van der Waals surface area contributed by atoms with Gasteiger partial charge in [0.15, 0.2) is 11.5 Å². The van der Waals surface area contributed by atoms with Gasteiger partial charge in [0.2, 0.25) is 5.91 Å². The van der Waals surface area contributed by atoms with E-state index in [0.717, 1.165) is 16.8 Å². The fourth-order valence-electron chi connectivity index (χ4n) is 3.79. The van der Waals surface area contributed by atoms with Crippen molar-refractivity contribution >= 4 is 46.0 Å². The predicted molar refractivity (Wildman–Crippen MR) is 160 cm³/mol. The molecule has 2 amide bonds. The molecule has 0 aliphatic heterocycles. The number of hydrogen-bond acceptors (Lipinski definition) is 9. The largest absolute Gasteiger partial charge is 0.490 e. The summed E-state index contributed by atoms with van der Waals surface area (Å²) in [4.78, 5) is 46.2. The normalized spacial score (nSPS) is 10.9. The second-order valence-electron chi connectivity index (χ2n) is 9.10. The van der Waals surface area contributed by atoms with E-state index in [9.17, 15) is 35.9 Å². The number of rotatable bonds is 11. The number of halogens is 6. The van der Waals surface area contributed by atoms with Crippen molar-refractivity contribution in [1.29, 1.82) is 0 Å². The third kappa shape index (κ3) is 12.1. The monoisotopic (exact) mass is 693 g/mol. The molecule has 0 atom stereocenters. The van der Waals surface area contributed by atoms with E-state index in [1.165, 1.54) is 6.20 Å². The Kier molecular flexibility index (Phi) is 15.4. The summed E-state index contributed by atoms with van der Waals surface area (Å²) >= 11 is 0. The molecule has 2 aromatic carbocycles. The molecule has 1 heterocycles. The smallest absolute Gasteiger partial charge is 0.490 e. The van der Waals surface area contributed by atoms with Crippen LogP contribution in [0.5, 0.6) is 11.5 Å². The maximum Gasteiger partial charge on any atom is 0.490 e. The Bertz CT molecular complexity index is 1580. The van der Waals surface area contributed by atoms with Crippen LogP contribution >= 0.6 is 0 Å². The molecule has 0 radical (unpaired) electrons. The van der Waals surface area contributed by atoms with Crippen molar-refractivity contribution in [3.8, 4) is 11.5 Å². The molecule has 19 heteroatoms. The van der Waals surface area contributed by atoms with Crippen LogP contribution in [0.15, 0.2) is 36.5 Å². The summed E-state index contributed by atoms with van der Waals surface area (Å²) in [6.07, 6.45) is -8.01. The number of carbonyl (C=O) groups excluding carboxylic acids is 2. The standard InChI is InChI=1S/C25H31N5O4.2C2HF3O2/c1-4-16-15(13-29-23(31)12-26)8-7-9-19(16)30-24-17-10-21(33-5-2)22(34-6-3)11-20(17)28-14-18(24)25(27)32;2*3-2(4,5)1(6)7/h7-11,14H,4-6,12-13,26H2,1-3H3,(H2,27,32)(H,28,30)(H,29,31);2*(H,6,7). The number of anilines is 2. The zero-order valence-corrected chi connectivity index (χ0v) is 25.7. The van der Waals surface area contributed by atoms with Crippen molar-refractivity contribution in [3.05, 3.63) is 53.2 Å². The molecule has 0 aliphatic rings. The van der Waals surface area contributed by atoms with E-state index >= 15 is 0 Å².